The van der Waals surface area contributed by atoms with Crippen molar-refractivity contribution in [1.29, 1.82) is 0 Å². The zero-order valence-corrected chi connectivity index (χ0v) is 10.7. The second-order valence-corrected chi connectivity index (χ2v) is 4.62. The maximum atomic E-state index is 5.77. The fraction of sp³-hybridized carbons (Fsp3) is 0.286. The molecule has 0 fully saturated rings. The van der Waals surface area contributed by atoms with Crippen molar-refractivity contribution in [3.63, 3.8) is 0 Å². The Morgan fingerprint density at radius 2 is 2.05 bits per heavy atom. The molecule has 19 heavy (non-hydrogen) atoms. The van der Waals surface area contributed by atoms with E-state index in [0.717, 1.165) is 43.1 Å². The number of fused-ring (bicyclic) bond motifs is 1. The van der Waals surface area contributed by atoms with Crippen LogP contribution in [0, 0.1) is 0 Å². The van der Waals surface area contributed by atoms with Gasteiger partial charge in [-0.3, -0.25) is 0 Å². The summed E-state index contributed by atoms with van der Waals surface area (Å²) in [5.41, 5.74) is 9.18. The number of nitrogens with one attached hydrogen (secondary N) is 2. The van der Waals surface area contributed by atoms with Crippen molar-refractivity contribution in [3.05, 3.63) is 47.2 Å². The molecule has 5 nitrogen and oxygen atoms in total. The van der Waals surface area contributed by atoms with Gasteiger partial charge in [-0.15, -0.1) is 0 Å². The standard InChI is InChI=1S/C14H17N5/c15-14-18-12-6-7-16-9-11(12)13(19-14)17-8-10-4-2-1-3-5-10/h1-5,16H,6-9H2,(H3,15,17,18,19). The van der Waals surface area contributed by atoms with Crippen molar-refractivity contribution >= 4 is 11.8 Å². The predicted octanol–water partition coefficient (Wildman–Crippen LogP) is 1.32. The molecule has 0 saturated carbocycles. The second kappa shape index (κ2) is 5.24. The quantitative estimate of drug-likeness (QED) is 0.771. The van der Waals surface area contributed by atoms with Crippen molar-refractivity contribution in [1.82, 2.24) is 15.3 Å². The Bertz CT molecular complexity index is 568. The lowest BCUT2D eigenvalue weighted by Crippen LogP contribution is -2.26. The number of rotatable bonds is 3. The summed E-state index contributed by atoms with van der Waals surface area (Å²) in [6.07, 6.45) is 0.905. The van der Waals surface area contributed by atoms with Crippen molar-refractivity contribution < 1.29 is 0 Å². The van der Waals surface area contributed by atoms with Crippen LogP contribution >= 0.6 is 0 Å². The number of aromatic nitrogens is 2. The minimum absolute atomic E-state index is 0.344. The van der Waals surface area contributed by atoms with Crippen LogP contribution in [0.5, 0.6) is 0 Å². The van der Waals surface area contributed by atoms with Crippen LogP contribution in [-0.2, 0) is 19.5 Å². The van der Waals surface area contributed by atoms with Crippen LogP contribution in [-0.4, -0.2) is 16.5 Å². The number of nitrogens with zero attached hydrogens (tertiary/aromatic N) is 2. The molecular formula is C14H17N5. The largest absolute Gasteiger partial charge is 0.368 e. The van der Waals surface area contributed by atoms with Crippen LogP contribution < -0.4 is 16.4 Å². The highest BCUT2D eigenvalue weighted by Crippen LogP contribution is 2.21. The molecule has 0 unspecified atom stereocenters. The second-order valence-electron chi connectivity index (χ2n) is 4.62. The molecule has 2 heterocycles. The molecule has 1 aromatic heterocycles. The lowest BCUT2D eigenvalue weighted by Gasteiger charge is -2.20. The molecule has 0 radical (unpaired) electrons. The minimum Gasteiger partial charge on any atom is -0.368 e. The van der Waals surface area contributed by atoms with Gasteiger partial charge in [-0.2, -0.15) is 4.98 Å². The number of benzene rings is 1. The molecule has 98 valence electrons. The first-order chi connectivity index (χ1) is 9.33. The Kier molecular flexibility index (Phi) is 3.29. The zero-order chi connectivity index (χ0) is 13.1. The van der Waals surface area contributed by atoms with E-state index in [1.807, 2.05) is 18.2 Å². The van der Waals surface area contributed by atoms with E-state index in [9.17, 15) is 0 Å². The summed E-state index contributed by atoms with van der Waals surface area (Å²) in [6, 6.07) is 10.2. The molecule has 3 rings (SSSR count). The first-order valence-corrected chi connectivity index (χ1v) is 6.47. The summed E-state index contributed by atoms with van der Waals surface area (Å²) in [4.78, 5) is 8.63. The molecule has 0 aliphatic carbocycles. The number of nitrogens with two attached hydrogens (primary N) is 1. The van der Waals surface area contributed by atoms with Crippen LogP contribution in [0.2, 0.25) is 0 Å². The third-order valence-corrected chi connectivity index (χ3v) is 3.25. The Labute approximate surface area is 112 Å². The smallest absolute Gasteiger partial charge is 0.222 e. The van der Waals surface area contributed by atoms with Gasteiger partial charge in [0.25, 0.3) is 0 Å². The summed E-state index contributed by atoms with van der Waals surface area (Å²) in [6.45, 7) is 2.48. The van der Waals surface area contributed by atoms with Crippen LogP contribution in [0.3, 0.4) is 0 Å². The van der Waals surface area contributed by atoms with Crippen LogP contribution in [0.1, 0.15) is 16.8 Å². The number of nitrogen functional groups attached to an aromatic ring is 1. The van der Waals surface area contributed by atoms with Gasteiger partial charge >= 0.3 is 0 Å². The van der Waals surface area contributed by atoms with Crippen LogP contribution in [0.25, 0.3) is 0 Å². The monoisotopic (exact) mass is 255 g/mol. The van der Waals surface area contributed by atoms with Crippen molar-refractivity contribution in [2.45, 2.75) is 19.5 Å². The molecule has 5 heteroatoms. The number of anilines is 2. The molecule has 1 aromatic carbocycles. The summed E-state index contributed by atoms with van der Waals surface area (Å²) in [7, 11) is 0. The molecule has 2 aromatic rings. The number of hydrogen-bond donors (Lipinski definition) is 3. The molecule has 0 saturated heterocycles. The highest BCUT2D eigenvalue weighted by molar-refractivity contribution is 5.50. The molecule has 0 spiro atoms. The summed E-state index contributed by atoms with van der Waals surface area (Å²) in [5, 5.41) is 6.70. The fourth-order valence-corrected chi connectivity index (χ4v) is 2.29. The predicted molar refractivity (Wildman–Crippen MR) is 75.6 cm³/mol. The highest BCUT2D eigenvalue weighted by Gasteiger charge is 2.16. The average Bonchev–Trinajstić information content (AvgIpc) is 2.45. The molecule has 1 aliphatic heterocycles. The van der Waals surface area contributed by atoms with Gasteiger partial charge in [-0.25, -0.2) is 4.98 Å². The molecule has 0 atom stereocenters. The summed E-state index contributed by atoms with van der Waals surface area (Å²) < 4.78 is 0. The Balaban J connectivity index is 1.82. The normalized spacial score (nSPS) is 13.9. The van der Waals surface area contributed by atoms with Crippen molar-refractivity contribution in [2.24, 2.45) is 0 Å². The van der Waals surface area contributed by atoms with Gasteiger partial charge in [-0.05, 0) is 5.56 Å². The first kappa shape index (κ1) is 11.9. The van der Waals surface area contributed by atoms with E-state index in [1.165, 1.54) is 5.56 Å². The summed E-state index contributed by atoms with van der Waals surface area (Å²) >= 11 is 0. The van der Waals surface area contributed by atoms with Gasteiger partial charge in [-0.1, -0.05) is 30.3 Å². The molecule has 0 bridgehead atoms. The van der Waals surface area contributed by atoms with Gasteiger partial charge in [0, 0.05) is 31.6 Å². The van der Waals surface area contributed by atoms with E-state index >= 15 is 0 Å². The van der Waals surface area contributed by atoms with E-state index in [4.69, 9.17) is 5.73 Å². The first-order valence-electron chi connectivity index (χ1n) is 6.47. The lowest BCUT2D eigenvalue weighted by molar-refractivity contribution is 0.628. The van der Waals surface area contributed by atoms with Gasteiger partial charge in [0.1, 0.15) is 5.82 Å². The van der Waals surface area contributed by atoms with Gasteiger partial charge in [0.2, 0.25) is 5.95 Å². The van der Waals surface area contributed by atoms with E-state index < -0.39 is 0 Å². The van der Waals surface area contributed by atoms with E-state index in [2.05, 4.69) is 32.7 Å². The summed E-state index contributed by atoms with van der Waals surface area (Å²) in [5.74, 6) is 1.19. The maximum Gasteiger partial charge on any atom is 0.222 e. The van der Waals surface area contributed by atoms with E-state index in [0.29, 0.717) is 5.95 Å². The average molecular weight is 255 g/mol. The van der Waals surface area contributed by atoms with E-state index in [1.54, 1.807) is 0 Å². The Hall–Kier alpha value is -2.14. The van der Waals surface area contributed by atoms with Crippen molar-refractivity contribution in [2.75, 3.05) is 17.6 Å². The van der Waals surface area contributed by atoms with Gasteiger partial charge in [0.05, 0.1) is 5.69 Å². The fourth-order valence-electron chi connectivity index (χ4n) is 2.29. The lowest BCUT2D eigenvalue weighted by atomic mass is 10.1. The molecular weight excluding hydrogens is 238 g/mol. The maximum absolute atomic E-state index is 5.77. The third kappa shape index (κ3) is 2.66. The Morgan fingerprint density at radius 3 is 2.89 bits per heavy atom. The molecule has 1 aliphatic rings. The minimum atomic E-state index is 0.344. The number of hydrogen-bond acceptors (Lipinski definition) is 5. The molecule has 4 N–H and O–H groups in total. The molecule has 0 amide bonds. The van der Waals surface area contributed by atoms with Crippen LogP contribution in [0.15, 0.2) is 30.3 Å². The van der Waals surface area contributed by atoms with Gasteiger partial charge in [0.15, 0.2) is 0 Å². The highest BCUT2D eigenvalue weighted by atomic mass is 15.1. The SMILES string of the molecule is Nc1nc2c(c(NCc3ccccc3)n1)CNCC2. The topological polar surface area (TPSA) is 75.9 Å². The zero-order valence-electron chi connectivity index (χ0n) is 10.7. The van der Waals surface area contributed by atoms with Crippen LogP contribution in [0.4, 0.5) is 11.8 Å². The Morgan fingerprint density at radius 1 is 1.21 bits per heavy atom. The van der Waals surface area contributed by atoms with Gasteiger partial charge < -0.3 is 16.4 Å². The third-order valence-electron chi connectivity index (χ3n) is 3.25. The van der Waals surface area contributed by atoms with E-state index in [-0.39, 0.29) is 0 Å². The van der Waals surface area contributed by atoms with Crippen molar-refractivity contribution in [3.8, 4) is 0 Å².